The molecule has 8 nitrogen and oxygen atoms in total. The third kappa shape index (κ3) is 3.88. The molecule has 9 heteroatoms. The maximum atomic E-state index is 12.6. The van der Waals surface area contributed by atoms with Gasteiger partial charge < -0.3 is 10.4 Å². The van der Waals surface area contributed by atoms with Crippen LogP contribution >= 0.6 is 0 Å². The molecule has 0 saturated carbocycles. The van der Waals surface area contributed by atoms with Crippen LogP contribution in [0.15, 0.2) is 17.3 Å². The Balaban J connectivity index is 2.11. The predicted octanol–water partition coefficient (Wildman–Crippen LogP) is -0.793. The summed E-state index contributed by atoms with van der Waals surface area (Å²) in [5, 5.41) is 11.7. The van der Waals surface area contributed by atoms with Crippen molar-refractivity contribution in [2.75, 3.05) is 51.7 Å². The Kier molecular flexibility index (Phi) is 5.45. The van der Waals surface area contributed by atoms with Crippen molar-refractivity contribution < 1.29 is 13.5 Å². The molecule has 0 radical (unpaired) electrons. The van der Waals surface area contributed by atoms with E-state index in [4.69, 9.17) is 5.11 Å². The molecule has 0 amide bonds. The second kappa shape index (κ2) is 7.12. The molecule has 0 atom stereocenters. The van der Waals surface area contributed by atoms with Gasteiger partial charge in [0.2, 0.25) is 16.0 Å². The molecule has 0 aromatic carbocycles. The standard InChI is InChI=1S/C12H21N5O3S/c1-13-12-14-9-11(10-15-12)21(19,20)17-4-2-3-16(5-6-17)7-8-18/h9-10,18H,2-8H2,1H3,(H,13,14,15). The number of β-amino-alcohol motifs (C(OH)–C–C–N with tert-alkyl or cyclic N) is 1. The number of nitrogens with zero attached hydrogens (tertiary/aromatic N) is 4. The maximum absolute atomic E-state index is 12.6. The fourth-order valence-electron chi connectivity index (χ4n) is 2.28. The van der Waals surface area contributed by atoms with Gasteiger partial charge in [0.25, 0.3) is 0 Å². The Hall–Kier alpha value is -1.29. The lowest BCUT2D eigenvalue weighted by Crippen LogP contribution is -2.36. The number of aromatic nitrogens is 2. The minimum Gasteiger partial charge on any atom is -0.395 e. The van der Waals surface area contributed by atoms with Gasteiger partial charge in [0.05, 0.1) is 19.0 Å². The first kappa shape index (κ1) is 16.1. The first-order valence-corrected chi connectivity index (χ1v) is 8.35. The van der Waals surface area contributed by atoms with E-state index in [2.05, 4.69) is 20.2 Å². The fourth-order valence-corrected chi connectivity index (χ4v) is 3.64. The topological polar surface area (TPSA) is 98.7 Å². The number of aliphatic hydroxyl groups is 1. The average molecular weight is 315 g/mol. The minimum atomic E-state index is -3.56. The molecule has 0 aliphatic carbocycles. The smallest absolute Gasteiger partial charge is 0.246 e. The summed E-state index contributed by atoms with van der Waals surface area (Å²) in [5.41, 5.74) is 0. The molecule has 0 unspecified atom stereocenters. The largest absolute Gasteiger partial charge is 0.395 e. The lowest BCUT2D eigenvalue weighted by atomic mass is 10.4. The van der Waals surface area contributed by atoms with Crippen LogP contribution < -0.4 is 5.32 Å². The summed E-state index contributed by atoms with van der Waals surface area (Å²) in [4.78, 5) is 10.1. The van der Waals surface area contributed by atoms with Gasteiger partial charge in [-0.15, -0.1) is 0 Å². The van der Waals surface area contributed by atoms with Crippen LogP contribution in [0.4, 0.5) is 5.95 Å². The lowest BCUT2D eigenvalue weighted by molar-refractivity contribution is 0.202. The van der Waals surface area contributed by atoms with Crippen molar-refractivity contribution in [2.45, 2.75) is 11.3 Å². The summed E-state index contributed by atoms with van der Waals surface area (Å²) >= 11 is 0. The maximum Gasteiger partial charge on any atom is 0.246 e. The van der Waals surface area contributed by atoms with Crippen molar-refractivity contribution in [3.8, 4) is 0 Å². The molecule has 21 heavy (non-hydrogen) atoms. The highest BCUT2D eigenvalue weighted by Gasteiger charge is 2.27. The molecule has 1 aliphatic heterocycles. The zero-order valence-electron chi connectivity index (χ0n) is 12.1. The van der Waals surface area contributed by atoms with E-state index in [0.717, 1.165) is 13.0 Å². The molecule has 118 valence electrons. The second-order valence-corrected chi connectivity index (χ2v) is 6.75. The molecule has 0 spiro atoms. The van der Waals surface area contributed by atoms with Crippen LogP contribution in [-0.2, 0) is 10.0 Å². The van der Waals surface area contributed by atoms with E-state index in [0.29, 0.717) is 32.1 Å². The van der Waals surface area contributed by atoms with Crippen LogP contribution in [-0.4, -0.2) is 79.1 Å². The van der Waals surface area contributed by atoms with Gasteiger partial charge in [-0.2, -0.15) is 4.31 Å². The summed E-state index contributed by atoms with van der Waals surface area (Å²) in [5.74, 6) is 0.388. The van der Waals surface area contributed by atoms with E-state index < -0.39 is 10.0 Å². The summed E-state index contributed by atoms with van der Waals surface area (Å²) < 4.78 is 26.6. The highest BCUT2D eigenvalue weighted by Crippen LogP contribution is 2.16. The molecule has 1 saturated heterocycles. The number of aliphatic hydroxyl groups excluding tert-OH is 1. The Morgan fingerprint density at radius 2 is 1.95 bits per heavy atom. The van der Waals surface area contributed by atoms with Crippen LogP contribution in [0.3, 0.4) is 0 Å². The van der Waals surface area contributed by atoms with Crippen molar-refractivity contribution >= 4 is 16.0 Å². The number of nitrogens with one attached hydrogen (secondary N) is 1. The fraction of sp³-hybridized carbons (Fsp3) is 0.667. The summed E-state index contributed by atoms with van der Waals surface area (Å²) in [6.07, 6.45) is 3.39. The monoisotopic (exact) mass is 315 g/mol. The van der Waals surface area contributed by atoms with Crippen LogP contribution in [0.2, 0.25) is 0 Å². The molecule has 2 rings (SSSR count). The summed E-state index contributed by atoms with van der Waals surface area (Å²) in [6.45, 7) is 2.96. The lowest BCUT2D eigenvalue weighted by Gasteiger charge is -2.20. The van der Waals surface area contributed by atoms with Crippen LogP contribution in [0.1, 0.15) is 6.42 Å². The first-order chi connectivity index (χ1) is 10.1. The molecule has 2 N–H and O–H groups in total. The Morgan fingerprint density at radius 3 is 2.57 bits per heavy atom. The summed E-state index contributed by atoms with van der Waals surface area (Å²) in [7, 11) is -1.88. The normalized spacial score (nSPS) is 18.4. The third-order valence-corrected chi connectivity index (χ3v) is 5.30. The number of anilines is 1. The number of sulfonamides is 1. The Labute approximate surface area is 124 Å². The average Bonchev–Trinajstić information content (AvgIpc) is 2.74. The van der Waals surface area contributed by atoms with Crippen molar-refractivity contribution in [3.63, 3.8) is 0 Å². The minimum absolute atomic E-state index is 0.0894. The van der Waals surface area contributed by atoms with Gasteiger partial charge in [-0.05, 0) is 13.0 Å². The van der Waals surface area contributed by atoms with Crippen molar-refractivity contribution in [1.29, 1.82) is 0 Å². The van der Waals surface area contributed by atoms with E-state index >= 15 is 0 Å². The second-order valence-electron chi connectivity index (χ2n) is 4.82. The van der Waals surface area contributed by atoms with Crippen LogP contribution in [0.5, 0.6) is 0 Å². The molecule has 1 aromatic rings. The number of hydrogen-bond acceptors (Lipinski definition) is 7. The molecule has 1 aliphatic rings. The zero-order valence-corrected chi connectivity index (χ0v) is 12.9. The summed E-state index contributed by atoms with van der Waals surface area (Å²) in [6, 6.07) is 0. The van der Waals surface area contributed by atoms with Gasteiger partial charge in [0.1, 0.15) is 4.90 Å². The number of rotatable bonds is 5. The molecule has 1 fully saturated rings. The van der Waals surface area contributed by atoms with E-state index in [1.54, 1.807) is 7.05 Å². The van der Waals surface area contributed by atoms with Gasteiger partial charge >= 0.3 is 0 Å². The van der Waals surface area contributed by atoms with Crippen LogP contribution in [0, 0.1) is 0 Å². The van der Waals surface area contributed by atoms with E-state index in [9.17, 15) is 8.42 Å². The molecule has 0 bridgehead atoms. The van der Waals surface area contributed by atoms with Crippen LogP contribution in [0.25, 0.3) is 0 Å². The third-order valence-electron chi connectivity index (χ3n) is 3.45. The van der Waals surface area contributed by atoms with Crippen molar-refractivity contribution in [2.24, 2.45) is 0 Å². The zero-order chi connectivity index (χ0) is 15.3. The van der Waals surface area contributed by atoms with Gasteiger partial charge in [-0.25, -0.2) is 18.4 Å². The molecular weight excluding hydrogens is 294 g/mol. The van der Waals surface area contributed by atoms with Gasteiger partial charge in [-0.3, -0.25) is 4.90 Å². The number of hydrogen-bond donors (Lipinski definition) is 2. The van der Waals surface area contributed by atoms with E-state index in [1.807, 2.05) is 0 Å². The molecule has 2 heterocycles. The van der Waals surface area contributed by atoms with Gasteiger partial charge in [-0.1, -0.05) is 0 Å². The van der Waals surface area contributed by atoms with E-state index in [-0.39, 0.29) is 11.5 Å². The Morgan fingerprint density at radius 1 is 1.24 bits per heavy atom. The quantitative estimate of drug-likeness (QED) is 0.734. The first-order valence-electron chi connectivity index (χ1n) is 6.91. The predicted molar refractivity (Wildman–Crippen MR) is 78.5 cm³/mol. The Bertz CT molecular complexity index is 549. The molecular formula is C12H21N5O3S. The SMILES string of the molecule is CNc1ncc(S(=O)(=O)N2CCCN(CCO)CC2)cn1. The van der Waals surface area contributed by atoms with Crippen molar-refractivity contribution in [1.82, 2.24) is 19.2 Å². The van der Waals surface area contributed by atoms with Crippen molar-refractivity contribution in [3.05, 3.63) is 12.4 Å². The van der Waals surface area contributed by atoms with Gasteiger partial charge in [0, 0.05) is 33.2 Å². The highest BCUT2D eigenvalue weighted by molar-refractivity contribution is 7.89. The molecule has 1 aromatic heterocycles. The highest BCUT2D eigenvalue weighted by atomic mass is 32.2. The van der Waals surface area contributed by atoms with E-state index in [1.165, 1.54) is 16.7 Å². The van der Waals surface area contributed by atoms with Gasteiger partial charge in [0.15, 0.2) is 0 Å².